The van der Waals surface area contributed by atoms with Crippen LogP contribution in [0.4, 0.5) is 0 Å². The van der Waals surface area contributed by atoms with E-state index in [9.17, 15) is 0 Å². The predicted octanol–water partition coefficient (Wildman–Crippen LogP) is 4.70. The summed E-state index contributed by atoms with van der Waals surface area (Å²) in [6.45, 7) is 5.47. The highest BCUT2D eigenvalue weighted by Gasteiger charge is 2.33. The summed E-state index contributed by atoms with van der Waals surface area (Å²) < 4.78 is 2.53. The molecule has 0 amide bonds. The number of nitrogens with zero attached hydrogens (tertiary/aromatic N) is 2. The summed E-state index contributed by atoms with van der Waals surface area (Å²) in [5.74, 6) is 2.59. The largest absolute Gasteiger partial charge is 0.337 e. The minimum absolute atomic E-state index is 0.322. The van der Waals surface area contributed by atoms with Crippen LogP contribution in [0.1, 0.15) is 29.5 Å². The van der Waals surface area contributed by atoms with E-state index in [4.69, 9.17) is 0 Å². The standard InChI is InChI=1S/C18H24N2S2/c1-15-10-16(2)12-17(11-15)13-18(21-8-3-9-22-18)4-6-20-7-5-19-14-20/h5,7,10-12,14H,3-4,6,8-9,13H2,1-2H3. The van der Waals surface area contributed by atoms with Gasteiger partial charge in [0, 0.05) is 18.9 Å². The van der Waals surface area contributed by atoms with Crippen molar-refractivity contribution in [3.8, 4) is 0 Å². The molecule has 1 aliphatic rings. The number of imidazole rings is 1. The maximum absolute atomic E-state index is 4.17. The lowest BCUT2D eigenvalue weighted by Gasteiger charge is -2.36. The van der Waals surface area contributed by atoms with Crippen LogP contribution in [0.2, 0.25) is 0 Å². The van der Waals surface area contributed by atoms with Crippen LogP contribution in [-0.2, 0) is 13.0 Å². The second-order valence-corrected chi connectivity index (χ2v) is 9.40. The predicted molar refractivity (Wildman–Crippen MR) is 98.7 cm³/mol. The van der Waals surface area contributed by atoms with Gasteiger partial charge in [0.25, 0.3) is 0 Å². The maximum atomic E-state index is 4.17. The van der Waals surface area contributed by atoms with E-state index in [0.717, 1.165) is 6.54 Å². The number of benzene rings is 1. The first-order valence-corrected chi connectivity index (χ1v) is 9.93. The summed E-state index contributed by atoms with van der Waals surface area (Å²) >= 11 is 4.34. The van der Waals surface area contributed by atoms with Crippen LogP contribution in [0.25, 0.3) is 0 Å². The summed E-state index contributed by atoms with van der Waals surface area (Å²) in [5, 5.41) is 0. The molecule has 4 heteroatoms. The van der Waals surface area contributed by atoms with Gasteiger partial charge in [-0.15, -0.1) is 23.5 Å². The molecule has 0 aliphatic carbocycles. The molecule has 0 spiro atoms. The van der Waals surface area contributed by atoms with Gasteiger partial charge < -0.3 is 4.57 Å². The number of rotatable bonds is 5. The van der Waals surface area contributed by atoms with Crippen molar-refractivity contribution in [3.63, 3.8) is 0 Å². The van der Waals surface area contributed by atoms with E-state index in [2.05, 4.69) is 71.3 Å². The van der Waals surface area contributed by atoms with Crippen molar-refractivity contribution >= 4 is 23.5 Å². The molecular weight excluding hydrogens is 308 g/mol. The molecule has 118 valence electrons. The van der Waals surface area contributed by atoms with Crippen LogP contribution < -0.4 is 0 Å². The van der Waals surface area contributed by atoms with Crippen LogP contribution in [0.15, 0.2) is 36.9 Å². The van der Waals surface area contributed by atoms with Gasteiger partial charge in [-0.05, 0) is 50.2 Å². The van der Waals surface area contributed by atoms with Crippen molar-refractivity contribution < 1.29 is 0 Å². The van der Waals surface area contributed by atoms with Crippen molar-refractivity contribution in [2.75, 3.05) is 11.5 Å². The Morgan fingerprint density at radius 2 is 1.86 bits per heavy atom. The Labute approximate surface area is 142 Å². The zero-order chi connectivity index (χ0) is 15.4. The molecule has 2 nitrogen and oxygen atoms in total. The van der Waals surface area contributed by atoms with Gasteiger partial charge in [-0.1, -0.05) is 29.3 Å². The molecule has 0 bridgehead atoms. The number of hydrogen-bond donors (Lipinski definition) is 0. The summed E-state index contributed by atoms with van der Waals surface area (Å²) in [5.41, 5.74) is 4.25. The van der Waals surface area contributed by atoms with Crippen molar-refractivity contribution in [2.45, 2.75) is 43.7 Å². The van der Waals surface area contributed by atoms with E-state index in [1.807, 2.05) is 12.5 Å². The third-order valence-corrected chi connectivity index (χ3v) is 7.53. The summed E-state index contributed by atoms with van der Waals surface area (Å²) in [7, 11) is 0. The van der Waals surface area contributed by atoms with Gasteiger partial charge in [0.15, 0.2) is 0 Å². The maximum Gasteiger partial charge on any atom is 0.0945 e. The molecule has 1 saturated heterocycles. The lowest BCUT2D eigenvalue weighted by molar-refractivity contribution is 0.592. The molecule has 0 N–H and O–H groups in total. The molecular formula is C18H24N2S2. The van der Waals surface area contributed by atoms with Crippen LogP contribution in [0.3, 0.4) is 0 Å². The zero-order valence-electron chi connectivity index (χ0n) is 13.4. The molecule has 2 aromatic rings. The number of hydrogen-bond acceptors (Lipinski definition) is 3. The van der Waals surface area contributed by atoms with E-state index >= 15 is 0 Å². The monoisotopic (exact) mass is 332 g/mol. The first-order chi connectivity index (χ1) is 10.7. The molecule has 2 heterocycles. The Balaban J connectivity index is 1.76. The van der Waals surface area contributed by atoms with E-state index in [-0.39, 0.29) is 0 Å². The Morgan fingerprint density at radius 1 is 1.14 bits per heavy atom. The highest BCUT2D eigenvalue weighted by molar-refractivity contribution is 8.18. The van der Waals surface area contributed by atoms with Crippen LogP contribution in [0, 0.1) is 13.8 Å². The highest BCUT2D eigenvalue weighted by atomic mass is 32.2. The van der Waals surface area contributed by atoms with Gasteiger partial charge >= 0.3 is 0 Å². The molecule has 3 rings (SSSR count). The van der Waals surface area contributed by atoms with E-state index in [1.165, 1.54) is 47.5 Å². The quantitative estimate of drug-likeness (QED) is 0.790. The number of aromatic nitrogens is 2. The zero-order valence-corrected chi connectivity index (χ0v) is 15.1. The van der Waals surface area contributed by atoms with Crippen LogP contribution in [-0.4, -0.2) is 25.1 Å². The second kappa shape index (κ2) is 7.14. The molecule has 0 unspecified atom stereocenters. The van der Waals surface area contributed by atoms with Gasteiger partial charge in [-0.2, -0.15) is 0 Å². The Kier molecular flexibility index (Phi) is 5.19. The fourth-order valence-corrected chi connectivity index (χ4v) is 6.50. The van der Waals surface area contributed by atoms with Crippen LogP contribution in [0.5, 0.6) is 0 Å². The first kappa shape index (κ1) is 16.0. The van der Waals surface area contributed by atoms with E-state index in [0.29, 0.717) is 4.08 Å². The number of thioether (sulfide) groups is 2. The Morgan fingerprint density at radius 3 is 2.50 bits per heavy atom. The molecule has 0 radical (unpaired) electrons. The molecule has 1 aliphatic heterocycles. The lowest BCUT2D eigenvalue weighted by atomic mass is 10.0. The van der Waals surface area contributed by atoms with Gasteiger partial charge in [-0.3, -0.25) is 0 Å². The van der Waals surface area contributed by atoms with Crippen LogP contribution >= 0.6 is 23.5 Å². The topological polar surface area (TPSA) is 17.8 Å². The number of aryl methyl sites for hydroxylation is 3. The van der Waals surface area contributed by atoms with Crippen molar-refractivity contribution in [2.24, 2.45) is 0 Å². The molecule has 0 atom stereocenters. The minimum Gasteiger partial charge on any atom is -0.337 e. The fraction of sp³-hybridized carbons (Fsp3) is 0.500. The molecule has 1 aromatic heterocycles. The third kappa shape index (κ3) is 4.11. The van der Waals surface area contributed by atoms with Gasteiger partial charge in [0.2, 0.25) is 0 Å². The van der Waals surface area contributed by atoms with Gasteiger partial charge in [0.1, 0.15) is 0 Å². The normalized spacial score (nSPS) is 17.5. The van der Waals surface area contributed by atoms with Crippen molar-refractivity contribution in [1.82, 2.24) is 9.55 Å². The first-order valence-electron chi connectivity index (χ1n) is 7.96. The summed E-state index contributed by atoms with van der Waals surface area (Å²) in [6.07, 6.45) is 9.59. The minimum atomic E-state index is 0.322. The summed E-state index contributed by atoms with van der Waals surface area (Å²) in [6, 6.07) is 6.99. The van der Waals surface area contributed by atoms with Crippen molar-refractivity contribution in [1.29, 1.82) is 0 Å². The highest BCUT2D eigenvalue weighted by Crippen LogP contribution is 2.47. The Bertz CT molecular complexity index is 581. The second-order valence-electron chi connectivity index (χ2n) is 6.18. The SMILES string of the molecule is Cc1cc(C)cc(CC2(CCn3ccnc3)SCCCS2)c1. The van der Waals surface area contributed by atoms with Gasteiger partial charge in [-0.25, -0.2) is 4.98 Å². The van der Waals surface area contributed by atoms with E-state index < -0.39 is 0 Å². The average molecular weight is 333 g/mol. The Hall–Kier alpha value is -0.870. The molecule has 1 fully saturated rings. The lowest BCUT2D eigenvalue weighted by Crippen LogP contribution is -2.29. The molecule has 22 heavy (non-hydrogen) atoms. The smallest absolute Gasteiger partial charge is 0.0945 e. The van der Waals surface area contributed by atoms with E-state index in [1.54, 1.807) is 0 Å². The fourth-order valence-electron chi connectivity index (χ4n) is 3.15. The molecule has 1 aromatic carbocycles. The average Bonchev–Trinajstić information content (AvgIpc) is 2.98. The summed E-state index contributed by atoms with van der Waals surface area (Å²) in [4.78, 5) is 4.17. The third-order valence-electron chi connectivity index (χ3n) is 4.08. The van der Waals surface area contributed by atoms with Gasteiger partial charge in [0.05, 0.1) is 10.4 Å². The van der Waals surface area contributed by atoms with Crippen molar-refractivity contribution in [3.05, 3.63) is 53.6 Å². The molecule has 0 saturated carbocycles.